The molecule has 2 N–H and O–H groups in total. The fourth-order valence-electron chi connectivity index (χ4n) is 2.55. The Morgan fingerprint density at radius 3 is 2.75 bits per heavy atom. The molecular weight excluding hydrogens is 256 g/mol. The van der Waals surface area contributed by atoms with Gasteiger partial charge in [0, 0.05) is 18.4 Å². The smallest absolute Gasteiger partial charge is 0.305 e. The van der Waals surface area contributed by atoms with E-state index in [1.54, 1.807) is 6.92 Å². The summed E-state index contributed by atoms with van der Waals surface area (Å²) in [5.41, 5.74) is -0.364. The Bertz CT molecular complexity index is 323. The maximum Gasteiger partial charge on any atom is 0.305 e. The van der Waals surface area contributed by atoms with Gasteiger partial charge in [-0.1, -0.05) is 13.8 Å². The van der Waals surface area contributed by atoms with Crippen LogP contribution in [0.3, 0.4) is 0 Å². The lowest BCUT2D eigenvalue weighted by Gasteiger charge is -2.36. The third-order valence-corrected chi connectivity index (χ3v) is 4.05. The van der Waals surface area contributed by atoms with Gasteiger partial charge < -0.3 is 15.4 Å². The molecule has 0 spiro atoms. The minimum absolute atomic E-state index is 0.0788. The van der Waals surface area contributed by atoms with Gasteiger partial charge in [0.15, 0.2) is 0 Å². The summed E-state index contributed by atoms with van der Waals surface area (Å²) in [7, 11) is 0. The molecule has 0 saturated carbocycles. The first kappa shape index (κ1) is 17.0. The second kappa shape index (κ2) is 8.25. The van der Waals surface area contributed by atoms with Gasteiger partial charge in [-0.05, 0) is 45.2 Å². The van der Waals surface area contributed by atoms with E-state index < -0.39 is 0 Å². The third-order valence-electron chi connectivity index (χ3n) is 4.05. The molecule has 1 aliphatic heterocycles. The van der Waals surface area contributed by atoms with E-state index in [9.17, 15) is 9.59 Å². The molecule has 0 aromatic rings. The summed E-state index contributed by atoms with van der Waals surface area (Å²) >= 11 is 0. The molecule has 1 heterocycles. The highest BCUT2D eigenvalue weighted by Gasteiger charge is 2.36. The molecule has 1 aliphatic rings. The van der Waals surface area contributed by atoms with E-state index in [0.717, 1.165) is 25.9 Å². The zero-order valence-corrected chi connectivity index (χ0v) is 13.0. The summed E-state index contributed by atoms with van der Waals surface area (Å²) in [6.07, 6.45) is 3.21. The van der Waals surface area contributed by atoms with Crippen molar-refractivity contribution in [3.63, 3.8) is 0 Å². The Kier molecular flexibility index (Phi) is 6.99. The van der Waals surface area contributed by atoms with Crippen molar-refractivity contribution in [2.75, 3.05) is 26.2 Å². The first-order valence-corrected chi connectivity index (χ1v) is 7.63. The van der Waals surface area contributed by atoms with Crippen molar-refractivity contribution in [2.45, 2.75) is 46.5 Å². The number of nitrogens with one attached hydrogen (secondary N) is 2. The number of rotatable bonds is 7. The summed E-state index contributed by atoms with van der Waals surface area (Å²) < 4.78 is 4.85. The Balaban J connectivity index is 2.28. The van der Waals surface area contributed by atoms with Crippen molar-refractivity contribution in [3.8, 4) is 0 Å². The van der Waals surface area contributed by atoms with Crippen LogP contribution in [-0.2, 0) is 14.3 Å². The second-order valence-electron chi connectivity index (χ2n) is 5.93. The zero-order chi connectivity index (χ0) is 15.0. The number of hydrogen-bond donors (Lipinski definition) is 2. The third kappa shape index (κ3) is 5.12. The van der Waals surface area contributed by atoms with Crippen molar-refractivity contribution < 1.29 is 14.3 Å². The van der Waals surface area contributed by atoms with Crippen molar-refractivity contribution in [2.24, 2.45) is 11.3 Å². The molecule has 1 unspecified atom stereocenters. The summed E-state index contributed by atoms with van der Waals surface area (Å²) in [4.78, 5) is 23.5. The van der Waals surface area contributed by atoms with Gasteiger partial charge in [0.05, 0.1) is 6.61 Å². The van der Waals surface area contributed by atoms with Crippen molar-refractivity contribution in [1.29, 1.82) is 0 Å². The van der Waals surface area contributed by atoms with Gasteiger partial charge in [-0.3, -0.25) is 9.59 Å². The van der Waals surface area contributed by atoms with Crippen LogP contribution in [0.25, 0.3) is 0 Å². The standard InChI is InChI=1S/C15H28N2O3/c1-4-20-13(18)8-6-10-17-14(19)15(2,3)12-7-5-9-16-11-12/h12,16H,4-11H2,1-3H3,(H,17,19). The van der Waals surface area contributed by atoms with Gasteiger partial charge >= 0.3 is 5.97 Å². The van der Waals surface area contributed by atoms with Crippen LogP contribution in [0.5, 0.6) is 0 Å². The summed E-state index contributed by atoms with van der Waals surface area (Å²) in [5.74, 6) is 0.258. The number of esters is 1. The Hall–Kier alpha value is -1.10. The van der Waals surface area contributed by atoms with E-state index in [4.69, 9.17) is 4.74 Å². The van der Waals surface area contributed by atoms with E-state index in [1.807, 2.05) is 13.8 Å². The van der Waals surface area contributed by atoms with Crippen molar-refractivity contribution >= 4 is 11.9 Å². The molecule has 0 aliphatic carbocycles. The highest BCUT2D eigenvalue weighted by Crippen LogP contribution is 2.31. The molecular formula is C15H28N2O3. The lowest BCUT2D eigenvalue weighted by Crippen LogP contribution is -2.47. The van der Waals surface area contributed by atoms with Crippen molar-refractivity contribution in [3.05, 3.63) is 0 Å². The molecule has 20 heavy (non-hydrogen) atoms. The molecule has 1 amide bonds. The Labute approximate surface area is 121 Å². The van der Waals surface area contributed by atoms with Gasteiger partial charge in [0.2, 0.25) is 5.91 Å². The van der Waals surface area contributed by atoms with E-state index in [2.05, 4.69) is 10.6 Å². The number of amides is 1. The molecule has 0 aromatic heterocycles. The highest BCUT2D eigenvalue weighted by atomic mass is 16.5. The average molecular weight is 284 g/mol. The molecule has 1 atom stereocenters. The zero-order valence-electron chi connectivity index (χ0n) is 13.0. The monoisotopic (exact) mass is 284 g/mol. The van der Waals surface area contributed by atoms with Gasteiger partial charge in [-0.25, -0.2) is 0 Å². The first-order valence-electron chi connectivity index (χ1n) is 7.63. The molecule has 1 saturated heterocycles. The number of piperidine rings is 1. The lowest BCUT2D eigenvalue weighted by molar-refractivity contribution is -0.143. The fraction of sp³-hybridized carbons (Fsp3) is 0.867. The maximum atomic E-state index is 12.3. The van der Waals surface area contributed by atoms with Crippen LogP contribution in [-0.4, -0.2) is 38.1 Å². The fourth-order valence-corrected chi connectivity index (χ4v) is 2.55. The molecule has 0 aromatic carbocycles. The number of carbonyl (C=O) groups is 2. The molecule has 1 rings (SSSR count). The molecule has 0 radical (unpaired) electrons. The number of hydrogen-bond acceptors (Lipinski definition) is 4. The molecule has 5 nitrogen and oxygen atoms in total. The van der Waals surface area contributed by atoms with Crippen LogP contribution in [0.1, 0.15) is 46.5 Å². The van der Waals surface area contributed by atoms with Gasteiger partial charge in [0.25, 0.3) is 0 Å². The second-order valence-corrected chi connectivity index (χ2v) is 5.93. The molecule has 5 heteroatoms. The predicted molar refractivity (Wildman–Crippen MR) is 78.3 cm³/mol. The largest absolute Gasteiger partial charge is 0.466 e. The predicted octanol–water partition coefficient (Wildman–Crippen LogP) is 1.47. The Morgan fingerprint density at radius 1 is 1.40 bits per heavy atom. The number of ether oxygens (including phenoxy) is 1. The van der Waals surface area contributed by atoms with Gasteiger partial charge in [-0.2, -0.15) is 0 Å². The van der Waals surface area contributed by atoms with Crippen LogP contribution in [0.15, 0.2) is 0 Å². The number of carbonyl (C=O) groups excluding carboxylic acids is 2. The van der Waals surface area contributed by atoms with Crippen molar-refractivity contribution in [1.82, 2.24) is 10.6 Å². The Morgan fingerprint density at radius 2 is 2.15 bits per heavy atom. The average Bonchev–Trinajstić information content (AvgIpc) is 2.44. The summed E-state index contributed by atoms with van der Waals surface area (Å²) in [5, 5.41) is 6.29. The minimum Gasteiger partial charge on any atom is -0.466 e. The van der Waals surface area contributed by atoms with E-state index in [1.165, 1.54) is 0 Å². The van der Waals surface area contributed by atoms with Crippen LogP contribution < -0.4 is 10.6 Å². The highest BCUT2D eigenvalue weighted by molar-refractivity contribution is 5.82. The van der Waals surface area contributed by atoms with Gasteiger partial charge in [-0.15, -0.1) is 0 Å². The van der Waals surface area contributed by atoms with Crippen LogP contribution in [0.2, 0.25) is 0 Å². The normalized spacial score (nSPS) is 19.4. The maximum absolute atomic E-state index is 12.3. The quantitative estimate of drug-likeness (QED) is 0.549. The summed E-state index contributed by atoms with van der Waals surface area (Å²) in [6, 6.07) is 0. The van der Waals surface area contributed by atoms with Crippen LogP contribution in [0, 0.1) is 11.3 Å². The van der Waals surface area contributed by atoms with Gasteiger partial charge in [0.1, 0.15) is 0 Å². The van der Waals surface area contributed by atoms with E-state index in [-0.39, 0.29) is 17.3 Å². The molecule has 0 bridgehead atoms. The summed E-state index contributed by atoms with van der Waals surface area (Å²) in [6.45, 7) is 8.70. The van der Waals surface area contributed by atoms with E-state index in [0.29, 0.717) is 31.9 Å². The lowest BCUT2D eigenvalue weighted by atomic mass is 9.74. The first-order chi connectivity index (χ1) is 9.48. The minimum atomic E-state index is -0.364. The van der Waals surface area contributed by atoms with Crippen LogP contribution in [0.4, 0.5) is 0 Å². The molecule has 116 valence electrons. The molecule has 1 fully saturated rings. The SMILES string of the molecule is CCOC(=O)CCCNC(=O)C(C)(C)C1CCCNC1. The van der Waals surface area contributed by atoms with Crippen LogP contribution >= 0.6 is 0 Å². The topological polar surface area (TPSA) is 67.4 Å². The van der Waals surface area contributed by atoms with E-state index >= 15 is 0 Å².